The second-order valence-electron chi connectivity index (χ2n) is 3.53. The van der Waals surface area contributed by atoms with Crippen molar-refractivity contribution >= 4 is 11.4 Å². The predicted octanol–water partition coefficient (Wildman–Crippen LogP) is 3.72. The zero-order valence-electron chi connectivity index (χ0n) is 9.05. The van der Waals surface area contributed by atoms with Gasteiger partial charge in [0.05, 0.1) is 5.69 Å². The summed E-state index contributed by atoms with van der Waals surface area (Å²) in [4.78, 5) is 0. The van der Waals surface area contributed by atoms with Crippen molar-refractivity contribution in [2.24, 2.45) is 0 Å². The zero-order valence-corrected chi connectivity index (χ0v) is 9.05. The van der Waals surface area contributed by atoms with Gasteiger partial charge in [0, 0.05) is 11.8 Å². The highest BCUT2D eigenvalue weighted by Gasteiger charge is 2.09. The molecule has 2 rings (SSSR count). The maximum absolute atomic E-state index is 13.3. The molecule has 0 aromatic heterocycles. The van der Waals surface area contributed by atoms with E-state index in [2.05, 4.69) is 5.32 Å². The van der Waals surface area contributed by atoms with Gasteiger partial charge in [-0.15, -0.1) is 0 Å². The van der Waals surface area contributed by atoms with Crippen LogP contribution in [0.4, 0.5) is 24.5 Å². The van der Waals surface area contributed by atoms with Gasteiger partial charge in [0.2, 0.25) is 0 Å². The lowest BCUT2D eigenvalue weighted by Crippen LogP contribution is -1.97. The van der Waals surface area contributed by atoms with Gasteiger partial charge < -0.3 is 5.32 Å². The molecule has 0 aliphatic rings. The standard InChI is InChI=1S/C13H7F3N2/c14-10-2-1-3-13(9(10)7-17)18-8-4-5-11(15)12(16)6-8/h1-6,18H. The fourth-order valence-electron chi connectivity index (χ4n) is 1.47. The number of anilines is 2. The number of nitrogens with one attached hydrogen (secondary N) is 1. The summed E-state index contributed by atoms with van der Waals surface area (Å²) in [7, 11) is 0. The first-order valence-corrected chi connectivity index (χ1v) is 5.02. The Morgan fingerprint density at radius 2 is 1.72 bits per heavy atom. The fraction of sp³-hybridized carbons (Fsp3) is 0. The Hall–Kier alpha value is -2.48. The molecule has 0 aliphatic heterocycles. The quantitative estimate of drug-likeness (QED) is 0.879. The Morgan fingerprint density at radius 3 is 2.39 bits per heavy atom. The highest BCUT2D eigenvalue weighted by Crippen LogP contribution is 2.23. The van der Waals surface area contributed by atoms with E-state index < -0.39 is 17.5 Å². The van der Waals surface area contributed by atoms with Gasteiger partial charge in [0.15, 0.2) is 11.6 Å². The van der Waals surface area contributed by atoms with E-state index in [4.69, 9.17) is 5.26 Å². The molecule has 0 saturated carbocycles. The van der Waals surface area contributed by atoms with Gasteiger partial charge in [-0.3, -0.25) is 0 Å². The molecule has 0 atom stereocenters. The molecule has 0 radical (unpaired) electrons. The number of hydrogen-bond acceptors (Lipinski definition) is 2. The second-order valence-corrected chi connectivity index (χ2v) is 3.53. The number of nitrogens with zero attached hydrogens (tertiary/aromatic N) is 1. The molecule has 0 bridgehead atoms. The number of rotatable bonds is 2. The highest BCUT2D eigenvalue weighted by molar-refractivity contribution is 5.66. The van der Waals surface area contributed by atoms with E-state index in [0.29, 0.717) is 0 Å². The van der Waals surface area contributed by atoms with Crippen LogP contribution >= 0.6 is 0 Å². The van der Waals surface area contributed by atoms with Crippen molar-refractivity contribution in [3.8, 4) is 6.07 Å². The lowest BCUT2D eigenvalue weighted by molar-refractivity contribution is 0.509. The van der Waals surface area contributed by atoms with Crippen LogP contribution in [0, 0.1) is 28.8 Å². The monoisotopic (exact) mass is 248 g/mol. The molecule has 0 heterocycles. The molecule has 0 amide bonds. The fourth-order valence-corrected chi connectivity index (χ4v) is 1.47. The Morgan fingerprint density at radius 1 is 0.944 bits per heavy atom. The van der Waals surface area contributed by atoms with Gasteiger partial charge in [-0.05, 0) is 24.3 Å². The molecule has 2 aromatic rings. The van der Waals surface area contributed by atoms with Gasteiger partial charge in [-0.2, -0.15) is 5.26 Å². The topological polar surface area (TPSA) is 35.8 Å². The number of hydrogen-bond donors (Lipinski definition) is 1. The molecule has 0 saturated heterocycles. The maximum Gasteiger partial charge on any atom is 0.160 e. The average Bonchev–Trinajstić information content (AvgIpc) is 2.34. The van der Waals surface area contributed by atoms with Crippen molar-refractivity contribution in [2.75, 3.05) is 5.32 Å². The van der Waals surface area contributed by atoms with E-state index in [1.165, 1.54) is 18.2 Å². The number of halogens is 3. The molecule has 0 fully saturated rings. The van der Waals surface area contributed by atoms with Gasteiger partial charge in [0.1, 0.15) is 17.4 Å². The zero-order chi connectivity index (χ0) is 13.1. The molecule has 2 nitrogen and oxygen atoms in total. The summed E-state index contributed by atoms with van der Waals surface area (Å²) in [5.74, 6) is -2.67. The van der Waals surface area contributed by atoms with Gasteiger partial charge >= 0.3 is 0 Å². The lowest BCUT2D eigenvalue weighted by Gasteiger charge is -2.08. The van der Waals surface area contributed by atoms with Crippen LogP contribution in [0.1, 0.15) is 5.56 Å². The van der Waals surface area contributed by atoms with Gasteiger partial charge in [0.25, 0.3) is 0 Å². The molecular weight excluding hydrogens is 241 g/mol. The molecule has 0 unspecified atom stereocenters. The minimum absolute atomic E-state index is 0.178. The normalized spacial score (nSPS) is 9.89. The van der Waals surface area contributed by atoms with Crippen LogP contribution in [0.5, 0.6) is 0 Å². The van der Waals surface area contributed by atoms with Gasteiger partial charge in [-0.1, -0.05) is 6.07 Å². The summed E-state index contributed by atoms with van der Waals surface area (Å²) in [6, 6.07) is 8.92. The second kappa shape index (κ2) is 4.80. The van der Waals surface area contributed by atoms with Gasteiger partial charge in [-0.25, -0.2) is 13.2 Å². The Balaban J connectivity index is 2.37. The number of nitriles is 1. The molecule has 0 spiro atoms. The van der Waals surface area contributed by atoms with Crippen LogP contribution in [0.2, 0.25) is 0 Å². The Bertz CT molecular complexity index is 633. The minimum Gasteiger partial charge on any atom is -0.354 e. The third-order valence-corrected chi connectivity index (χ3v) is 2.32. The van der Waals surface area contributed by atoms with E-state index in [9.17, 15) is 13.2 Å². The third kappa shape index (κ3) is 2.28. The van der Waals surface area contributed by atoms with Crippen LogP contribution in [-0.2, 0) is 0 Å². The van der Waals surface area contributed by atoms with Crippen molar-refractivity contribution in [3.05, 3.63) is 59.4 Å². The molecule has 0 aliphatic carbocycles. The van der Waals surface area contributed by atoms with Crippen molar-refractivity contribution in [2.45, 2.75) is 0 Å². The summed E-state index contributed by atoms with van der Waals surface area (Å²) in [6.45, 7) is 0. The average molecular weight is 248 g/mol. The van der Waals surface area contributed by atoms with Crippen LogP contribution in [0.25, 0.3) is 0 Å². The van der Waals surface area contributed by atoms with E-state index in [0.717, 1.165) is 18.2 Å². The van der Waals surface area contributed by atoms with Crippen molar-refractivity contribution in [1.29, 1.82) is 5.26 Å². The Labute approximate surface area is 101 Å². The van der Waals surface area contributed by atoms with E-state index in [1.54, 1.807) is 6.07 Å². The smallest absolute Gasteiger partial charge is 0.160 e. The first-order valence-electron chi connectivity index (χ1n) is 5.02. The third-order valence-electron chi connectivity index (χ3n) is 2.32. The first-order chi connectivity index (χ1) is 8.61. The van der Waals surface area contributed by atoms with Crippen molar-refractivity contribution in [3.63, 3.8) is 0 Å². The van der Waals surface area contributed by atoms with Crippen LogP contribution in [-0.4, -0.2) is 0 Å². The van der Waals surface area contributed by atoms with E-state index >= 15 is 0 Å². The molecule has 2 aromatic carbocycles. The molecule has 1 N–H and O–H groups in total. The summed E-state index contributed by atoms with van der Waals surface area (Å²) < 4.78 is 39.0. The predicted molar refractivity (Wildman–Crippen MR) is 60.8 cm³/mol. The van der Waals surface area contributed by atoms with E-state index in [1.807, 2.05) is 0 Å². The van der Waals surface area contributed by atoms with Crippen LogP contribution in [0.15, 0.2) is 36.4 Å². The lowest BCUT2D eigenvalue weighted by atomic mass is 10.1. The van der Waals surface area contributed by atoms with Crippen LogP contribution < -0.4 is 5.32 Å². The summed E-state index contributed by atoms with van der Waals surface area (Å²) in [5.41, 5.74) is 0.252. The first kappa shape index (κ1) is 12.0. The molecule has 90 valence electrons. The highest BCUT2D eigenvalue weighted by atomic mass is 19.2. The van der Waals surface area contributed by atoms with E-state index in [-0.39, 0.29) is 16.9 Å². The number of benzene rings is 2. The molecular formula is C13H7F3N2. The van der Waals surface area contributed by atoms with Crippen molar-refractivity contribution < 1.29 is 13.2 Å². The SMILES string of the molecule is N#Cc1c(F)cccc1Nc1ccc(F)c(F)c1. The Kier molecular flexibility index (Phi) is 3.20. The summed E-state index contributed by atoms with van der Waals surface area (Å²) in [6.07, 6.45) is 0. The maximum atomic E-state index is 13.3. The summed E-state index contributed by atoms with van der Waals surface area (Å²) in [5, 5.41) is 11.5. The molecule has 18 heavy (non-hydrogen) atoms. The van der Waals surface area contributed by atoms with Crippen LogP contribution in [0.3, 0.4) is 0 Å². The minimum atomic E-state index is -1.02. The summed E-state index contributed by atoms with van der Waals surface area (Å²) >= 11 is 0. The largest absolute Gasteiger partial charge is 0.354 e. The molecule has 5 heteroatoms. The van der Waals surface area contributed by atoms with Crippen molar-refractivity contribution in [1.82, 2.24) is 0 Å².